The summed E-state index contributed by atoms with van der Waals surface area (Å²) in [6.45, 7) is 0.137. The number of hydrogen-bond acceptors (Lipinski definition) is 7. The molecule has 10 heteroatoms. The molecule has 9 nitrogen and oxygen atoms in total. The molecular weight excluding hydrogens is 490 g/mol. The predicted octanol–water partition coefficient (Wildman–Crippen LogP) is 3.67. The van der Waals surface area contributed by atoms with Gasteiger partial charge in [0, 0.05) is 12.6 Å². The normalized spacial score (nSPS) is 14.5. The molecule has 0 bridgehead atoms. The van der Waals surface area contributed by atoms with Gasteiger partial charge in [-0.1, -0.05) is 61.7 Å². The van der Waals surface area contributed by atoms with E-state index in [1.165, 1.54) is 4.90 Å². The van der Waals surface area contributed by atoms with Gasteiger partial charge < -0.3 is 26.4 Å². The number of nitrogens with one attached hydrogen (secondary N) is 1. The summed E-state index contributed by atoms with van der Waals surface area (Å²) < 4.78 is 9.29. The monoisotopic (exact) mass is 521 g/mol. The van der Waals surface area contributed by atoms with Crippen molar-refractivity contribution in [1.29, 1.82) is 0 Å². The van der Waals surface area contributed by atoms with Crippen molar-refractivity contribution < 1.29 is 19.1 Å². The summed E-state index contributed by atoms with van der Waals surface area (Å²) in [6.07, 6.45) is 5.06. The van der Waals surface area contributed by atoms with Gasteiger partial charge in [0.2, 0.25) is 5.91 Å². The number of nitrogens with zero attached hydrogens (tertiary/aromatic N) is 2. The molecule has 3 amide bonds. The molecule has 5 N–H and O–H groups in total. The van der Waals surface area contributed by atoms with Crippen LogP contribution in [0.3, 0.4) is 0 Å². The number of nitrogen functional groups attached to an aromatic ring is 1. The molecule has 0 aliphatic heterocycles. The first-order valence-corrected chi connectivity index (χ1v) is 13.0. The molecule has 0 radical (unpaired) electrons. The Morgan fingerprint density at radius 2 is 1.76 bits per heavy atom. The fourth-order valence-corrected chi connectivity index (χ4v) is 5.37. The standard InChI is InChI=1S/C27H31N5O4S/c1-36-20-14-12-18(13-15-20)23(26(34)30-19-10-6-3-7-11-19)32(16-17-8-4-2-5-9-17)27(35)24-21(28)22(25(29)33)31-37-24/h2,4-5,8-9,12-15,19,23H,3,6-7,10-11,16,28H2,1H3,(H2,29,33)(H,30,34). The molecule has 4 rings (SSSR count). The fourth-order valence-electron chi connectivity index (χ4n) is 4.61. The molecule has 1 fully saturated rings. The zero-order valence-electron chi connectivity index (χ0n) is 20.7. The first kappa shape index (κ1) is 26.2. The Hall–Kier alpha value is -3.92. The molecule has 1 saturated carbocycles. The van der Waals surface area contributed by atoms with Crippen LogP contribution >= 0.6 is 11.5 Å². The Balaban J connectivity index is 1.77. The molecular formula is C27H31N5O4S. The number of aromatic nitrogens is 1. The zero-order valence-corrected chi connectivity index (χ0v) is 21.5. The van der Waals surface area contributed by atoms with E-state index in [1.807, 2.05) is 30.3 Å². The maximum Gasteiger partial charge on any atom is 0.270 e. The summed E-state index contributed by atoms with van der Waals surface area (Å²) in [7, 11) is 1.57. The number of carbonyl (C=O) groups is 3. The van der Waals surface area contributed by atoms with E-state index in [2.05, 4.69) is 9.69 Å². The van der Waals surface area contributed by atoms with E-state index < -0.39 is 17.9 Å². The van der Waals surface area contributed by atoms with Crippen molar-refractivity contribution >= 4 is 34.9 Å². The Morgan fingerprint density at radius 3 is 2.35 bits per heavy atom. The fraction of sp³-hybridized carbons (Fsp3) is 0.333. The van der Waals surface area contributed by atoms with E-state index in [0.717, 1.165) is 49.2 Å². The molecule has 3 aromatic rings. The molecule has 0 saturated heterocycles. The summed E-state index contributed by atoms with van der Waals surface area (Å²) in [5, 5.41) is 3.18. The first-order valence-electron chi connectivity index (χ1n) is 12.2. The summed E-state index contributed by atoms with van der Waals surface area (Å²) in [4.78, 5) is 41.2. The molecule has 2 aromatic carbocycles. The SMILES string of the molecule is COc1ccc(C(C(=O)NC2CCCCC2)N(Cc2ccccc2)C(=O)c2snc(C(N)=O)c2N)cc1. The van der Waals surface area contributed by atoms with Crippen LogP contribution in [-0.2, 0) is 11.3 Å². The van der Waals surface area contributed by atoms with Crippen molar-refractivity contribution in [3.05, 3.63) is 76.3 Å². The lowest BCUT2D eigenvalue weighted by molar-refractivity contribution is -0.127. The van der Waals surface area contributed by atoms with Gasteiger partial charge in [-0.15, -0.1) is 0 Å². The molecule has 1 aromatic heterocycles. The van der Waals surface area contributed by atoms with E-state index in [1.54, 1.807) is 31.4 Å². The molecule has 37 heavy (non-hydrogen) atoms. The van der Waals surface area contributed by atoms with Crippen LogP contribution in [0.1, 0.15) is 69.4 Å². The summed E-state index contributed by atoms with van der Waals surface area (Å²) in [5.41, 5.74) is 12.7. The van der Waals surface area contributed by atoms with Gasteiger partial charge in [-0.2, -0.15) is 4.37 Å². The number of benzene rings is 2. The second-order valence-electron chi connectivity index (χ2n) is 9.08. The van der Waals surface area contributed by atoms with Crippen molar-refractivity contribution in [1.82, 2.24) is 14.6 Å². The number of carbonyl (C=O) groups excluding carboxylic acids is 3. The molecule has 1 aliphatic rings. The summed E-state index contributed by atoms with van der Waals surface area (Å²) in [5.74, 6) is -0.969. The van der Waals surface area contributed by atoms with E-state index in [4.69, 9.17) is 16.2 Å². The molecule has 1 unspecified atom stereocenters. The number of rotatable bonds is 9. The highest BCUT2D eigenvalue weighted by atomic mass is 32.1. The van der Waals surface area contributed by atoms with Crippen molar-refractivity contribution in [3.63, 3.8) is 0 Å². The maximum absolute atomic E-state index is 14.0. The Labute approximate surface area is 220 Å². The van der Waals surface area contributed by atoms with Crippen LogP contribution in [0.2, 0.25) is 0 Å². The number of anilines is 1. The number of nitrogens with two attached hydrogens (primary N) is 2. The van der Waals surface area contributed by atoms with E-state index in [-0.39, 0.29) is 34.8 Å². The second-order valence-corrected chi connectivity index (χ2v) is 9.85. The van der Waals surface area contributed by atoms with Crippen LogP contribution in [0.5, 0.6) is 5.75 Å². The van der Waals surface area contributed by atoms with E-state index >= 15 is 0 Å². The number of ether oxygens (including phenoxy) is 1. The third-order valence-electron chi connectivity index (χ3n) is 6.56. The lowest BCUT2D eigenvalue weighted by Gasteiger charge is -2.33. The summed E-state index contributed by atoms with van der Waals surface area (Å²) in [6, 6.07) is 15.5. The van der Waals surface area contributed by atoms with Gasteiger partial charge in [-0.25, -0.2) is 0 Å². The number of amides is 3. The van der Waals surface area contributed by atoms with Crippen molar-refractivity contribution in [3.8, 4) is 5.75 Å². The van der Waals surface area contributed by atoms with Gasteiger partial charge in [0.15, 0.2) is 5.69 Å². The predicted molar refractivity (Wildman–Crippen MR) is 142 cm³/mol. The van der Waals surface area contributed by atoms with Crippen molar-refractivity contribution in [2.24, 2.45) is 5.73 Å². The highest BCUT2D eigenvalue weighted by Crippen LogP contribution is 2.31. The van der Waals surface area contributed by atoms with Crippen LogP contribution < -0.4 is 21.5 Å². The second kappa shape index (κ2) is 11.9. The van der Waals surface area contributed by atoms with Crippen LogP contribution in [-0.4, -0.2) is 40.1 Å². The van der Waals surface area contributed by atoms with Gasteiger partial charge in [0.25, 0.3) is 11.8 Å². The third-order valence-corrected chi connectivity index (χ3v) is 7.41. The first-order chi connectivity index (χ1) is 17.9. The van der Waals surface area contributed by atoms with E-state index in [0.29, 0.717) is 11.3 Å². The van der Waals surface area contributed by atoms with Gasteiger partial charge >= 0.3 is 0 Å². The van der Waals surface area contributed by atoms with Crippen LogP contribution in [0.15, 0.2) is 54.6 Å². The Kier molecular flexibility index (Phi) is 8.39. The van der Waals surface area contributed by atoms with Crippen molar-refractivity contribution in [2.45, 2.75) is 50.7 Å². The average Bonchev–Trinajstić information content (AvgIpc) is 3.31. The molecule has 1 heterocycles. The minimum atomic E-state index is -0.959. The minimum Gasteiger partial charge on any atom is -0.497 e. The van der Waals surface area contributed by atoms with Gasteiger partial charge in [-0.3, -0.25) is 14.4 Å². The van der Waals surface area contributed by atoms with Crippen LogP contribution in [0.4, 0.5) is 5.69 Å². The average molecular weight is 522 g/mol. The van der Waals surface area contributed by atoms with Gasteiger partial charge in [0.1, 0.15) is 16.7 Å². The Morgan fingerprint density at radius 1 is 1.08 bits per heavy atom. The van der Waals surface area contributed by atoms with Gasteiger partial charge in [-0.05, 0) is 47.6 Å². The van der Waals surface area contributed by atoms with Crippen LogP contribution in [0, 0.1) is 0 Å². The maximum atomic E-state index is 14.0. The highest BCUT2D eigenvalue weighted by molar-refractivity contribution is 7.09. The zero-order chi connectivity index (χ0) is 26.4. The van der Waals surface area contributed by atoms with E-state index in [9.17, 15) is 14.4 Å². The lowest BCUT2D eigenvalue weighted by atomic mass is 9.94. The summed E-state index contributed by atoms with van der Waals surface area (Å²) >= 11 is 0.799. The molecule has 0 spiro atoms. The smallest absolute Gasteiger partial charge is 0.270 e. The minimum absolute atomic E-state index is 0.0469. The third kappa shape index (κ3) is 6.08. The number of hydrogen-bond donors (Lipinski definition) is 3. The molecule has 1 atom stereocenters. The highest BCUT2D eigenvalue weighted by Gasteiger charge is 2.36. The molecule has 1 aliphatic carbocycles. The number of methoxy groups -OCH3 is 1. The van der Waals surface area contributed by atoms with Crippen molar-refractivity contribution in [2.75, 3.05) is 12.8 Å². The number of primary amides is 1. The van der Waals surface area contributed by atoms with Crippen LogP contribution in [0.25, 0.3) is 0 Å². The van der Waals surface area contributed by atoms with Gasteiger partial charge in [0.05, 0.1) is 12.8 Å². The Bertz CT molecular complexity index is 1240. The topological polar surface area (TPSA) is 141 Å². The molecule has 194 valence electrons. The lowest BCUT2D eigenvalue weighted by Crippen LogP contribution is -2.46. The largest absolute Gasteiger partial charge is 0.497 e. The quantitative estimate of drug-likeness (QED) is 0.392.